The molecule has 4 rings (SSSR count). The number of carboxylic acid groups (broad SMARTS) is 1. The highest BCUT2D eigenvalue weighted by Crippen LogP contribution is 2.33. The van der Waals surface area contributed by atoms with Gasteiger partial charge in [0.2, 0.25) is 5.91 Å². The van der Waals surface area contributed by atoms with Gasteiger partial charge in [0, 0.05) is 26.9 Å². The van der Waals surface area contributed by atoms with E-state index in [0.717, 1.165) is 26.7 Å². The summed E-state index contributed by atoms with van der Waals surface area (Å²) >= 11 is 8.10. The van der Waals surface area contributed by atoms with Gasteiger partial charge < -0.3 is 15.2 Å². The molecule has 0 heterocycles. The van der Waals surface area contributed by atoms with Crippen molar-refractivity contribution in [2.45, 2.75) is 29.2 Å². The minimum absolute atomic E-state index is 0.167. The SMILES string of the molecule is O=C(CCc1ccc(Sc2cccc(OCc3ccccc3)c2)cc1Cl)Nc1ccc(C(=O)O)cc1. The largest absolute Gasteiger partial charge is 0.489 e. The molecule has 1 amide bonds. The van der Waals surface area contributed by atoms with Crippen LogP contribution in [0.1, 0.15) is 27.9 Å². The van der Waals surface area contributed by atoms with Crippen LogP contribution in [0.25, 0.3) is 0 Å². The standard InChI is InChI=1S/C29H24ClNO4S/c30-27-18-26(36-25-8-4-7-24(17-25)35-19-20-5-2-1-3-6-20)15-11-21(27)12-16-28(32)31-23-13-9-22(10-14-23)29(33)34/h1-11,13-15,17-18H,12,16,19H2,(H,31,32)(H,33,34). The first-order valence-corrected chi connectivity index (χ1v) is 12.5. The van der Waals surface area contributed by atoms with Crippen LogP contribution in [0.3, 0.4) is 0 Å². The monoisotopic (exact) mass is 517 g/mol. The van der Waals surface area contributed by atoms with Crippen LogP contribution in [0, 0.1) is 0 Å². The number of rotatable bonds is 10. The van der Waals surface area contributed by atoms with Crippen molar-refractivity contribution in [3.05, 3.63) is 119 Å². The minimum Gasteiger partial charge on any atom is -0.489 e. The number of ether oxygens (including phenoxy) is 1. The zero-order valence-electron chi connectivity index (χ0n) is 19.3. The lowest BCUT2D eigenvalue weighted by atomic mass is 10.1. The fourth-order valence-corrected chi connectivity index (χ4v) is 4.71. The van der Waals surface area contributed by atoms with Gasteiger partial charge in [-0.05, 0) is 72.1 Å². The molecule has 0 radical (unpaired) electrons. The van der Waals surface area contributed by atoms with Crippen LogP contribution in [0.15, 0.2) is 107 Å². The number of amides is 1. The molecule has 0 aliphatic carbocycles. The number of hydrogen-bond donors (Lipinski definition) is 2. The summed E-state index contributed by atoms with van der Waals surface area (Å²) in [4.78, 5) is 25.3. The third-order valence-electron chi connectivity index (χ3n) is 5.35. The molecule has 4 aromatic rings. The smallest absolute Gasteiger partial charge is 0.335 e. The summed E-state index contributed by atoms with van der Waals surface area (Å²) in [5, 5.41) is 12.3. The zero-order chi connectivity index (χ0) is 25.3. The molecular weight excluding hydrogens is 494 g/mol. The third kappa shape index (κ3) is 7.38. The number of carbonyl (C=O) groups is 2. The minimum atomic E-state index is -1.01. The molecule has 0 atom stereocenters. The maximum Gasteiger partial charge on any atom is 0.335 e. The summed E-state index contributed by atoms with van der Waals surface area (Å²) in [5.41, 5.74) is 2.72. The van der Waals surface area contributed by atoms with Gasteiger partial charge in [-0.3, -0.25) is 4.79 Å². The summed E-state index contributed by atoms with van der Waals surface area (Å²) in [7, 11) is 0. The fraction of sp³-hybridized carbons (Fsp3) is 0.103. The second-order valence-corrected chi connectivity index (χ2v) is 9.59. The Balaban J connectivity index is 1.30. The number of hydrogen-bond acceptors (Lipinski definition) is 4. The molecular formula is C29H24ClNO4S. The summed E-state index contributed by atoms with van der Waals surface area (Å²) in [6, 6.07) is 29.8. The lowest BCUT2D eigenvalue weighted by Gasteiger charge is -2.10. The molecule has 36 heavy (non-hydrogen) atoms. The first-order chi connectivity index (χ1) is 17.5. The molecule has 0 spiro atoms. The van der Waals surface area contributed by atoms with Gasteiger partial charge in [-0.1, -0.05) is 65.8 Å². The van der Waals surface area contributed by atoms with Crippen molar-refractivity contribution in [3.8, 4) is 5.75 Å². The number of aryl methyl sites for hydroxylation is 1. The molecule has 0 saturated carbocycles. The maximum atomic E-state index is 12.3. The van der Waals surface area contributed by atoms with Crippen LogP contribution in [-0.2, 0) is 17.8 Å². The van der Waals surface area contributed by atoms with Crippen molar-refractivity contribution in [1.29, 1.82) is 0 Å². The van der Waals surface area contributed by atoms with Gasteiger partial charge in [-0.25, -0.2) is 4.79 Å². The predicted octanol–water partition coefficient (Wildman–Crippen LogP) is 7.34. The molecule has 182 valence electrons. The van der Waals surface area contributed by atoms with Crippen LogP contribution < -0.4 is 10.1 Å². The van der Waals surface area contributed by atoms with Crippen LogP contribution in [0.4, 0.5) is 5.69 Å². The number of aromatic carboxylic acids is 1. The molecule has 4 aromatic carbocycles. The average Bonchev–Trinajstić information content (AvgIpc) is 2.88. The van der Waals surface area contributed by atoms with E-state index < -0.39 is 5.97 Å². The third-order valence-corrected chi connectivity index (χ3v) is 6.68. The average molecular weight is 518 g/mol. The van der Waals surface area contributed by atoms with E-state index in [1.165, 1.54) is 12.1 Å². The number of halogens is 1. The molecule has 0 fully saturated rings. The fourth-order valence-electron chi connectivity index (χ4n) is 3.47. The molecule has 0 bridgehead atoms. The highest BCUT2D eigenvalue weighted by atomic mass is 35.5. The van der Waals surface area contributed by atoms with Crippen LogP contribution >= 0.6 is 23.4 Å². The van der Waals surface area contributed by atoms with E-state index in [-0.39, 0.29) is 17.9 Å². The Kier molecular flexibility index (Phi) is 8.66. The second-order valence-electron chi connectivity index (χ2n) is 8.04. The molecule has 5 nitrogen and oxygen atoms in total. The van der Waals surface area contributed by atoms with E-state index in [9.17, 15) is 9.59 Å². The van der Waals surface area contributed by atoms with Crippen molar-refractivity contribution in [1.82, 2.24) is 0 Å². The van der Waals surface area contributed by atoms with Gasteiger partial charge in [-0.2, -0.15) is 0 Å². The molecule has 0 saturated heterocycles. The summed E-state index contributed by atoms with van der Waals surface area (Å²) in [6.45, 7) is 0.511. The van der Waals surface area contributed by atoms with E-state index in [2.05, 4.69) is 5.32 Å². The number of nitrogens with one attached hydrogen (secondary N) is 1. The van der Waals surface area contributed by atoms with Gasteiger partial charge in [0.15, 0.2) is 0 Å². The van der Waals surface area contributed by atoms with E-state index in [0.29, 0.717) is 23.7 Å². The highest BCUT2D eigenvalue weighted by Gasteiger charge is 2.09. The molecule has 0 aromatic heterocycles. The van der Waals surface area contributed by atoms with Crippen molar-refractivity contribution < 1.29 is 19.4 Å². The number of carboxylic acids is 1. The summed E-state index contributed by atoms with van der Waals surface area (Å²) in [6.07, 6.45) is 0.749. The van der Waals surface area contributed by atoms with Gasteiger partial charge >= 0.3 is 5.97 Å². The highest BCUT2D eigenvalue weighted by molar-refractivity contribution is 7.99. The number of carbonyl (C=O) groups excluding carboxylic acids is 1. The molecule has 7 heteroatoms. The quantitative estimate of drug-likeness (QED) is 0.230. The van der Waals surface area contributed by atoms with Gasteiger partial charge in [0.1, 0.15) is 12.4 Å². The van der Waals surface area contributed by atoms with Crippen LogP contribution in [-0.4, -0.2) is 17.0 Å². The molecule has 0 aliphatic rings. The van der Waals surface area contributed by atoms with Gasteiger partial charge in [0.05, 0.1) is 5.56 Å². The topological polar surface area (TPSA) is 75.6 Å². The van der Waals surface area contributed by atoms with Gasteiger partial charge in [0.25, 0.3) is 0 Å². The normalized spacial score (nSPS) is 10.6. The number of anilines is 1. The molecule has 2 N–H and O–H groups in total. The first-order valence-electron chi connectivity index (χ1n) is 11.3. The van der Waals surface area contributed by atoms with Crippen LogP contribution in [0.5, 0.6) is 5.75 Å². The zero-order valence-corrected chi connectivity index (χ0v) is 20.9. The Morgan fingerprint density at radius 2 is 1.61 bits per heavy atom. The number of benzene rings is 4. The van der Waals surface area contributed by atoms with E-state index in [1.54, 1.807) is 23.9 Å². The Morgan fingerprint density at radius 1 is 0.861 bits per heavy atom. The predicted molar refractivity (Wildman–Crippen MR) is 143 cm³/mol. The van der Waals surface area contributed by atoms with Crippen LogP contribution in [0.2, 0.25) is 5.02 Å². The summed E-state index contributed by atoms with van der Waals surface area (Å²) in [5.74, 6) is -0.372. The first kappa shape index (κ1) is 25.4. The maximum absolute atomic E-state index is 12.3. The second kappa shape index (κ2) is 12.3. The lowest BCUT2D eigenvalue weighted by Crippen LogP contribution is -2.12. The lowest BCUT2D eigenvalue weighted by molar-refractivity contribution is -0.116. The Labute approximate surface area is 219 Å². The Bertz CT molecular complexity index is 1340. The molecule has 0 unspecified atom stereocenters. The van der Waals surface area contributed by atoms with E-state index >= 15 is 0 Å². The Hall–Kier alpha value is -3.74. The van der Waals surface area contributed by atoms with E-state index in [4.69, 9.17) is 21.4 Å². The van der Waals surface area contributed by atoms with Crippen molar-refractivity contribution >= 4 is 40.9 Å². The van der Waals surface area contributed by atoms with Crippen molar-refractivity contribution in [3.63, 3.8) is 0 Å². The van der Waals surface area contributed by atoms with Crippen molar-refractivity contribution in [2.75, 3.05) is 5.32 Å². The summed E-state index contributed by atoms with van der Waals surface area (Å²) < 4.78 is 5.92. The Morgan fingerprint density at radius 3 is 2.33 bits per heavy atom. The molecule has 0 aliphatic heterocycles. The van der Waals surface area contributed by atoms with Gasteiger partial charge in [-0.15, -0.1) is 0 Å². The van der Waals surface area contributed by atoms with E-state index in [1.807, 2.05) is 72.8 Å². The van der Waals surface area contributed by atoms with Crippen molar-refractivity contribution in [2.24, 2.45) is 0 Å².